The monoisotopic (exact) mass is 428 g/mol. The highest BCUT2D eigenvalue weighted by Gasteiger charge is 2.31. The third-order valence-electron chi connectivity index (χ3n) is 4.20. The average molecular weight is 429 g/mol. The molecule has 1 aliphatic rings. The quantitative estimate of drug-likeness (QED) is 0.394. The van der Waals surface area contributed by atoms with E-state index in [1.165, 1.54) is 28.8 Å². The number of carbonyl (C=O) groups excluding carboxylic acids is 2. The van der Waals surface area contributed by atoms with Gasteiger partial charge in [-0.3, -0.25) is 14.5 Å². The number of ether oxygens (including phenoxy) is 1. The van der Waals surface area contributed by atoms with Crippen LogP contribution in [0.5, 0.6) is 11.5 Å². The largest absolute Gasteiger partial charge is 0.508 e. The van der Waals surface area contributed by atoms with Crippen molar-refractivity contribution in [3.8, 4) is 11.5 Å². The molecule has 0 spiro atoms. The molecule has 1 heterocycles. The maximum absolute atomic E-state index is 12.7. The number of benzene rings is 2. The first-order chi connectivity index (χ1) is 14.0. The Labute approximate surface area is 178 Å². The number of thiocarbonyl (C=S) groups is 1. The lowest BCUT2D eigenvalue weighted by Gasteiger charge is -2.14. The molecule has 0 unspecified atom stereocenters. The summed E-state index contributed by atoms with van der Waals surface area (Å²) in [4.78, 5) is 26.8. The first-order valence-electron chi connectivity index (χ1n) is 8.94. The zero-order chi connectivity index (χ0) is 20.8. The molecule has 2 N–H and O–H groups in total. The highest BCUT2D eigenvalue weighted by molar-refractivity contribution is 8.26. The van der Waals surface area contributed by atoms with Crippen molar-refractivity contribution in [3.63, 3.8) is 0 Å². The van der Waals surface area contributed by atoms with Crippen molar-refractivity contribution in [3.05, 3.63) is 59.0 Å². The minimum Gasteiger partial charge on any atom is -0.508 e. The van der Waals surface area contributed by atoms with Crippen LogP contribution in [0.4, 0.5) is 5.69 Å². The maximum atomic E-state index is 12.7. The van der Waals surface area contributed by atoms with Gasteiger partial charge in [-0.15, -0.1) is 0 Å². The molecule has 2 aromatic rings. The average Bonchev–Trinajstić information content (AvgIpc) is 2.97. The molecule has 2 amide bonds. The van der Waals surface area contributed by atoms with Gasteiger partial charge in [0, 0.05) is 18.7 Å². The van der Waals surface area contributed by atoms with E-state index in [9.17, 15) is 14.7 Å². The SMILES string of the molecule is COc1cccc(/C=C2\SC(=S)N(CCCC(=O)Nc3ccc(O)cc3)C2=O)c1. The molecule has 1 aliphatic heterocycles. The number of carbonyl (C=O) groups is 2. The minimum atomic E-state index is -0.159. The van der Waals surface area contributed by atoms with E-state index < -0.39 is 0 Å². The fourth-order valence-electron chi connectivity index (χ4n) is 2.74. The highest BCUT2D eigenvalue weighted by atomic mass is 32.2. The van der Waals surface area contributed by atoms with Gasteiger partial charge in [0.05, 0.1) is 12.0 Å². The number of nitrogens with zero attached hydrogens (tertiary/aromatic N) is 1. The minimum absolute atomic E-state index is 0.138. The Bertz CT molecular complexity index is 957. The van der Waals surface area contributed by atoms with Gasteiger partial charge in [-0.25, -0.2) is 0 Å². The zero-order valence-electron chi connectivity index (χ0n) is 15.8. The van der Waals surface area contributed by atoms with E-state index in [-0.39, 0.29) is 24.0 Å². The molecule has 3 rings (SSSR count). The van der Waals surface area contributed by atoms with Gasteiger partial charge in [-0.05, 0) is 54.5 Å². The fourth-order valence-corrected chi connectivity index (χ4v) is 4.05. The van der Waals surface area contributed by atoms with Gasteiger partial charge in [0.15, 0.2) is 0 Å². The van der Waals surface area contributed by atoms with Crippen LogP contribution in [0.25, 0.3) is 6.08 Å². The number of phenolic OH excluding ortho intramolecular Hbond substituents is 1. The lowest BCUT2D eigenvalue weighted by Crippen LogP contribution is -2.29. The van der Waals surface area contributed by atoms with Gasteiger partial charge < -0.3 is 15.2 Å². The summed E-state index contributed by atoms with van der Waals surface area (Å²) in [7, 11) is 1.59. The molecular weight excluding hydrogens is 408 g/mol. The molecule has 0 atom stereocenters. The van der Waals surface area contributed by atoms with Crippen LogP contribution in [0.3, 0.4) is 0 Å². The van der Waals surface area contributed by atoms with Crippen LogP contribution in [0.1, 0.15) is 18.4 Å². The van der Waals surface area contributed by atoms with Crippen LogP contribution in [-0.2, 0) is 9.59 Å². The summed E-state index contributed by atoms with van der Waals surface area (Å²) in [5, 5.41) is 12.0. The molecule has 0 aromatic heterocycles. The van der Waals surface area contributed by atoms with E-state index >= 15 is 0 Å². The van der Waals surface area contributed by atoms with E-state index in [0.717, 1.165) is 5.56 Å². The highest BCUT2D eigenvalue weighted by Crippen LogP contribution is 2.33. The van der Waals surface area contributed by atoms with Crippen molar-refractivity contribution < 1.29 is 19.4 Å². The van der Waals surface area contributed by atoms with E-state index in [1.54, 1.807) is 25.3 Å². The smallest absolute Gasteiger partial charge is 0.266 e. The lowest BCUT2D eigenvalue weighted by molar-refractivity contribution is -0.122. The Balaban J connectivity index is 1.54. The number of phenols is 1. The molecule has 6 nitrogen and oxygen atoms in total. The molecular formula is C21H20N2O4S2. The van der Waals surface area contributed by atoms with Gasteiger partial charge in [0.2, 0.25) is 5.91 Å². The summed E-state index contributed by atoms with van der Waals surface area (Å²) in [6.45, 7) is 0.378. The molecule has 1 fully saturated rings. The Morgan fingerprint density at radius 1 is 1.28 bits per heavy atom. The normalized spacial score (nSPS) is 15.1. The molecule has 0 aliphatic carbocycles. The van der Waals surface area contributed by atoms with Gasteiger partial charge in [0.1, 0.15) is 15.8 Å². The Morgan fingerprint density at radius 2 is 2.03 bits per heavy atom. The summed E-state index contributed by atoms with van der Waals surface area (Å²) in [6.07, 6.45) is 2.54. The van der Waals surface area contributed by atoms with Gasteiger partial charge in [0.25, 0.3) is 5.91 Å². The van der Waals surface area contributed by atoms with Crippen molar-refractivity contribution >= 4 is 51.9 Å². The van der Waals surface area contributed by atoms with Gasteiger partial charge >= 0.3 is 0 Å². The number of nitrogens with one attached hydrogen (secondary N) is 1. The van der Waals surface area contributed by atoms with Crippen LogP contribution in [0.15, 0.2) is 53.4 Å². The summed E-state index contributed by atoms with van der Waals surface area (Å²) < 4.78 is 5.69. The molecule has 2 aromatic carbocycles. The molecule has 0 radical (unpaired) electrons. The number of thioether (sulfide) groups is 1. The molecule has 0 saturated carbocycles. The second-order valence-electron chi connectivity index (χ2n) is 6.31. The number of amides is 2. The predicted octanol–water partition coefficient (Wildman–Crippen LogP) is 4.02. The lowest BCUT2D eigenvalue weighted by atomic mass is 10.2. The van der Waals surface area contributed by atoms with Crippen LogP contribution >= 0.6 is 24.0 Å². The van der Waals surface area contributed by atoms with Crippen LogP contribution in [0.2, 0.25) is 0 Å². The number of hydrogen-bond donors (Lipinski definition) is 2. The van der Waals surface area contributed by atoms with Crippen molar-refractivity contribution in [1.29, 1.82) is 0 Å². The van der Waals surface area contributed by atoms with E-state index in [0.29, 0.717) is 33.6 Å². The number of aromatic hydroxyl groups is 1. The predicted molar refractivity (Wildman–Crippen MR) is 119 cm³/mol. The number of methoxy groups -OCH3 is 1. The van der Waals surface area contributed by atoms with E-state index in [4.69, 9.17) is 17.0 Å². The number of hydrogen-bond acceptors (Lipinski definition) is 6. The van der Waals surface area contributed by atoms with Crippen molar-refractivity contribution in [2.24, 2.45) is 0 Å². The second kappa shape index (κ2) is 9.58. The zero-order valence-corrected chi connectivity index (χ0v) is 17.4. The van der Waals surface area contributed by atoms with Crippen molar-refractivity contribution in [1.82, 2.24) is 4.90 Å². The summed E-state index contributed by atoms with van der Waals surface area (Å²) >= 11 is 6.59. The third-order valence-corrected chi connectivity index (χ3v) is 5.58. The van der Waals surface area contributed by atoms with Crippen molar-refractivity contribution in [2.45, 2.75) is 12.8 Å². The third kappa shape index (κ3) is 5.58. The van der Waals surface area contributed by atoms with Crippen LogP contribution in [0, 0.1) is 0 Å². The van der Waals surface area contributed by atoms with Crippen LogP contribution < -0.4 is 10.1 Å². The standard InChI is InChI=1S/C21H20N2O4S2/c1-27-17-5-2-4-14(12-17)13-18-20(26)23(21(28)29-18)11-3-6-19(25)22-15-7-9-16(24)10-8-15/h2,4-5,7-10,12-13,24H,3,6,11H2,1H3,(H,22,25)/b18-13-. The van der Waals surface area contributed by atoms with Crippen LogP contribution in [-0.4, -0.2) is 39.8 Å². The first kappa shape index (κ1) is 20.9. The molecule has 1 saturated heterocycles. The van der Waals surface area contributed by atoms with Gasteiger partial charge in [-0.2, -0.15) is 0 Å². The van der Waals surface area contributed by atoms with E-state index in [2.05, 4.69) is 5.32 Å². The first-order valence-corrected chi connectivity index (χ1v) is 10.2. The number of rotatable bonds is 7. The summed E-state index contributed by atoms with van der Waals surface area (Å²) in [6, 6.07) is 13.7. The Hall–Kier alpha value is -2.84. The molecule has 0 bridgehead atoms. The molecule has 8 heteroatoms. The van der Waals surface area contributed by atoms with E-state index in [1.807, 2.05) is 24.3 Å². The fraction of sp³-hybridized carbons (Fsp3) is 0.190. The Kier molecular flexibility index (Phi) is 6.90. The molecule has 150 valence electrons. The van der Waals surface area contributed by atoms with Gasteiger partial charge in [-0.1, -0.05) is 36.1 Å². The van der Waals surface area contributed by atoms with Crippen molar-refractivity contribution in [2.75, 3.05) is 19.0 Å². The molecule has 29 heavy (non-hydrogen) atoms. The summed E-state index contributed by atoms with van der Waals surface area (Å²) in [5.41, 5.74) is 1.47. The Morgan fingerprint density at radius 3 is 2.76 bits per heavy atom. The maximum Gasteiger partial charge on any atom is 0.266 e. The topological polar surface area (TPSA) is 78.9 Å². The second-order valence-corrected chi connectivity index (χ2v) is 7.98. The number of anilines is 1. The summed E-state index contributed by atoms with van der Waals surface area (Å²) in [5.74, 6) is 0.544.